The van der Waals surface area contributed by atoms with E-state index in [2.05, 4.69) is 4.72 Å². The first-order valence-corrected chi connectivity index (χ1v) is 11.0. The lowest BCUT2D eigenvalue weighted by Crippen LogP contribution is -2.29. The Morgan fingerprint density at radius 3 is 2.00 bits per heavy atom. The summed E-state index contributed by atoms with van der Waals surface area (Å²) in [5.41, 5.74) is 0.752. The lowest BCUT2D eigenvalue weighted by molar-refractivity contribution is 0.546. The van der Waals surface area contributed by atoms with E-state index < -0.39 is 25.9 Å². The summed E-state index contributed by atoms with van der Waals surface area (Å²) in [5.74, 6) is 0. The molecule has 0 radical (unpaired) electrons. The van der Waals surface area contributed by atoms with Crippen LogP contribution in [0.5, 0.6) is 0 Å². The molecule has 0 spiro atoms. The van der Waals surface area contributed by atoms with Crippen molar-refractivity contribution in [1.82, 2.24) is 4.72 Å². The molecular weight excluding hydrogens is 370 g/mol. The van der Waals surface area contributed by atoms with Gasteiger partial charge in [0.25, 0.3) is 0 Å². The molecule has 0 aliphatic carbocycles. The number of hydrogen-bond donors (Lipinski definition) is 1. The average Bonchev–Trinajstić information content (AvgIpc) is 2.53. The molecule has 0 aliphatic rings. The van der Waals surface area contributed by atoms with Crippen molar-refractivity contribution in [3.63, 3.8) is 0 Å². The first-order valence-electron chi connectivity index (χ1n) is 7.22. The first-order chi connectivity index (χ1) is 11.1. The fourth-order valence-electron chi connectivity index (χ4n) is 2.31. The zero-order valence-corrected chi connectivity index (χ0v) is 15.6. The van der Waals surface area contributed by atoms with E-state index in [4.69, 9.17) is 11.6 Å². The number of benzene rings is 2. The van der Waals surface area contributed by atoms with E-state index in [-0.39, 0.29) is 9.79 Å². The van der Waals surface area contributed by atoms with Crippen LogP contribution in [0.2, 0.25) is 5.02 Å². The van der Waals surface area contributed by atoms with E-state index in [0.717, 1.165) is 11.8 Å². The molecule has 0 amide bonds. The first kappa shape index (κ1) is 18.9. The van der Waals surface area contributed by atoms with Crippen LogP contribution in [0.15, 0.2) is 58.3 Å². The Hall–Kier alpha value is -1.41. The van der Waals surface area contributed by atoms with Gasteiger partial charge in [0.2, 0.25) is 10.0 Å². The Morgan fingerprint density at radius 1 is 0.958 bits per heavy atom. The molecule has 1 N–H and O–H groups in total. The number of hydrogen-bond acceptors (Lipinski definition) is 4. The van der Waals surface area contributed by atoms with Crippen molar-refractivity contribution in [2.75, 3.05) is 6.26 Å². The maximum absolute atomic E-state index is 12.7. The van der Waals surface area contributed by atoms with Crippen LogP contribution in [0.3, 0.4) is 0 Å². The summed E-state index contributed by atoms with van der Waals surface area (Å²) >= 11 is 5.85. The molecule has 0 aliphatic heterocycles. The average molecular weight is 388 g/mol. The summed E-state index contributed by atoms with van der Waals surface area (Å²) in [7, 11) is -7.67. The third-order valence-electron chi connectivity index (χ3n) is 3.52. The summed E-state index contributed by atoms with van der Waals surface area (Å²) in [6, 6.07) is 11.9. The lowest BCUT2D eigenvalue weighted by Gasteiger charge is -2.18. The normalized spacial score (nSPS) is 13.6. The molecule has 0 saturated heterocycles. The molecule has 0 fully saturated rings. The Balaban J connectivity index is 2.43. The third kappa shape index (κ3) is 4.36. The minimum atomic E-state index is -4.01. The van der Waals surface area contributed by atoms with Gasteiger partial charge >= 0.3 is 0 Å². The minimum absolute atomic E-state index is 0.219. The Morgan fingerprint density at radius 2 is 1.50 bits per heavy atom. The molecule has 0 aromatic heterocycles. The Kier molecular flexibility index (Phi) is 5.70. The van der Waals surface area contributed by atoms with Crippen LogP contribution in [-0.4, -0.2) is 23.1 Å². The van der Waals surface area contributed by atoms with Crippen LogP contribution < -0.4 is 4.72 Å². The van der Waals surface area contributed by atoms with Crippen LogP contribution in [-0.2, 0) is 19.9 Å². The minimum Gasteiger partial charge on any atom is -0.224 e. The highest BCUT2D eigenvalue weighted by Crippen LogP contribution is 2.25. The van der Waals surface area contributed by atoms with E-state index in [0.29, 0.717) is 11.4 Å². The van der Waals surface area contributed by atoms with Gasteiger partial charge < -0.3 is 0 Å². The van der Waals surface area contributed by atoms with Crippen LogP contribution in [0.1, 0.15) is 24.9 Å². The molecule has 1 atom stereocenters. The number of sulfonamides is 1. The molecule has 2 aromatic rings. The highest BCUT2D eigenvalue weighted by Gasteiger charge is 2.26. The van der Waals surface area contributed by atoms with Crippen LogP contribution in [0, 0.1) is 0 Å². The maximum atomic E-state index is 12.7. The summed E-state index contributed by atoms with van der Waals surface area (Å²) in [6.07, 6.45) is 1.49. The molecule has 0 saturated carbocycles. The molecule has 8 heteroatoms. The lowest BCUT2D eigenvalue weighted by atomic mass is 10.1. The van der Waals surface area contributed by atoms with Gasteiger partial charge in [-0.3, -0.25) is 0 Å². The molecule has 2 rings (SSSR count). The zero-order valence-electron chi connectivity index (χ0n) is 13.2. The SMILES string of the molecule is CCC(NS(=O)(=O)c1ccccc1S(C)(=O)=O)c1ccc(Cl)cc1. The van der Waals surface area contributed by atoms with E-state index in [1.165, 1.54) is 24.3 Å². The number of sulfone groups is 1. The number of nitrogens with one attached hydrogen (secondary N) is 1. The zero-order chi connectivity index (χ0) is 18.0. The fourth-order valence-corrected chi connectivity index (χ4v) is 5.37. The van der Waals surface area contributed by atoms with Crippen molar-refractivity contribution in [1.29, 1.82) is 0 Å². The second kappa shape index (κ2) is 7.23. The van der Waals surface area contributed by atoms with Gasteiger partial charge in [0.05, 0.1) is 4.90 Å². The third-order valence-corrected chi connectivity index (χ3v) is 6.58. The maximum Gasteiger partial charge on any atom is 0.242 e. The van der Waals surface area contributed by atoms with Crippen LogP contribution in [0.25, 0.3) is 0 Å². The van der Waals surface area contributed by atoms with Gasteiger partial charge in [0, 0.05) is 17.3 Å². The molecular formula is C16H18ClNO4S2. The van der Waals surface area contributed by atoms with Gasteiger partial charge in [0.1, 0.15) is 4.90 Å². The Bertz CT molecular complexity index is 923. The van der Waals surface area contributed by atoms with Gasteiger partial charge in [-0.2, -0.15) is 0 Å². The highest BCUT2D eigenvalue weighted by atomic mass is 35.5. The summed E-state index contributed by atoms with van der Waals surface area (Å²) in [4.78, 5) is -0.469. The van der Waals surface area contributed by atoms with Crippen molar-refractivity contribution in [2.24, 2.45) is 0 Å². The molecule has 0 bridgehead atoms. The predicted octanol–water partition coefficient (Wildman–Crippen LogP) is 3.17. The second-order valence-electron chi connectivity index (χ2n) is 5.35. The highest BCUT2D eigenvalue weighted by molar-refractivity contribution is 7.93. The number of rotatable bonds is 6. The molecule has 1 unspecified atom stereocenters. The van der Waals surface area contributed by atoms with Gasteiger partial charge in [0.15, 0.2) is 9.84 Å². The van der Waals surface area contributed by atoms with Crippen LogP contribution in [0.4, 0.5) is 0 Å². The van der Waals surface area contributed by atoms with Gasteiger partial charge in [-0.15, -0.1) is 0 Å². The molecule has 130 valence electrons. The molecule has 0 heterocycles. The van der Waals surface area contributed by atoms with Crippen molar-refractivity contribution < 1.29 is 16.8 Å². The van der Waals surface area contributed by atoms with E-state index in [9.17, 15) is 16.8 Å². The number of halogens is 1. The van der Waals surface area contributed by atoms with E-state index in [1.54, 1.807) is 24.3 Å². The van der Waals surface area contributed by atoms with Crippen molar-refractivity contribution in [3.8, 4) is 0 Å². The molecule has 24 heavy (non-hydrogen) atoms. The van der Waals surface area contributed by atoms with Gasteiger partial charge in [-0.05, 0) is 36.2 Å². The molecule has 2 aromatic carbocycles. The smallest absolute Gasteiger partial charge is 0.224 e. The van der Waals surface area contributed by atoms with Crippen molar-refractivity contribution >= 4 is 31.5 Å². The Labute approximate surface area is 147 Å². The van der Waals surface area contributed by atoms with Gasteiger partial charge in [-0.1, -0.05) is 42.8 Å². The molecule has 5 nitrogen and oxygen atoms in total. The topological polar surface area (TPSA) is 80.3 Å². The van der Waals surface area contributed by atoms with Crippen molar-refractivity contribution in [2.45, 2.75) is 29.2 Å². The monoisotopic (exact) mass is 387 g/mol. The predicted molar refractivity (Wildman–Crippen MR) is 94.4 cm³/mol. The largest absolute Gasteiger partial charge is 0.242 e. The standard InChI is InChI=1S/C16H18ClNO4S2/c1-3-14(12-8-10-13(17)11-9-12)18-24(21,22)16-7-5-4-6-15(16)23(2,19)20/h4-11,14,18H,3H2,1-2H3. The summed E-state index contributed by atoms with van der Waals surface area (Å²) in [5, 5.41) is 0.555. The summed E-state index contributed by atoms with van der Waals surface area (Å²) in [6.45, 7) is 1.84. The fraction of sp³-hybridized carbons (Fsp3) is 0.250. The van der Waals surface area contributed by atoms with E-state index in [1.807, 2.05) is 6.92 Å². The second-order valence-corrected chi connectivity index (χ2v) is 9.46. The van der Waals surface area contributed by atoms with Crippen LogP contribution >= 0.6 is 11.6 Å². The summed E-state index contributed by atoms with van der Waals surface area (Å²) < 4.78 is 51.7. The van der Waals surface area contributed by atoms with Gasteiger partial charge in [-0.25, -0.2) is 21.6 Å². The quantitative estimate of drug-likeness (QED) is 0.825. The van der Waals surface area contributed by atoms with E-state index >= 15 is 0 Å². The van der Waals surface area contributed by atoms with Crippen molar-refractivity contribution in [3.05, 3.63) is 59.1 Å².